The molecule has 44 heavy (non-hydrogen) atoms. The van der Waals surface area contributed by atoms with Crippen LogP contribution in [0.5, 0.6) is 0 Å². The number of fused-ring (bicyclic) bond motifs is 1. The molecule has 1 saturated heterocycles. The number of sulfonamides is 1. The third-order valence-corrected chi connectivity index (χ3v) is 10.6. The molecule has 0 unspecified atom stereocenters. The van der Waals surface area contributed by atoms with Crippen molar-refractivity contribution in [3.8, 4) is 0 Å². The number of thiophene rings is 1. The number of hydrogen-bond donors (Lipinski definition) is 1. The summed E-state index contributed by atoms with van der Waals surface area (Å²) in [6.45, 7) is 4.92. The molecule has 5 rings (SSSR count). The van der Waals surface area contributed by atoms with Gasteiger partial charge in [0.15, 0.2) is 0 Å². The minimum Gasteiger partial charge on any atom is -0.465 e. The zero-order chi connectivity index (χ0) is 30.6. The molecule has 0 saturated carbocycles. The Balaban J connectivity index is 0.00000442. The van der Waals surface area contributed by atoms with Gasteiger partial charge in [0.25, 0.3) is 5.91 Å². The fourth-order valence-electron chi connectivity index (χ4n) is 5.27. The number of benzene rings is 2. The van der Waals surface area contributed by atoms with Crippen LogP contribution in [0.1, 0.15) is 43.6 Å². The standard InChI is InChI=1S/C30H34N4O7S2.ClH/c1-3-41-30(37)33-15-17-34(18-16-33)43(38,39)23-11-9-22(10-12-23)27(35)31-28-26(29(36)40-2)24-13-14-32(20-25(24)42-28)19-21-7-5-4-6-8-21;/h4-12H,3,13-20H2,1-2H3,(H,31,35);1H. The van der Waals surface area contributed by atoms with Crippen molar-refractivity contribution >= 4 is 56.7 Å². The van der Waals surface area contributed by atoms with Crippen LogP contribution in [0.4, 0.5) is 9.80 Å². The number of esters is 1. The minimum atomic E-state index is -3.82. The van der Waals surface area contributed by atoms with Crippen LogP contribution in [-0.2, 0) is 39.0 Å². The molecule has 0 spiro atoms. The quantitative estimate of drug-likeness (QED) is 0.356. The predicted octanol–water partition coefficient (Wildman–Crippen LogP) is 4.23. The Kier molecular flexibility index (Phi) is 11.0. The maximum atomic E-state index is 13.2. The lowest BCUT2D eigenvalue weighted by atomic mass is 10.0. The first kappa shape index (κ1) is 33.4. The number of piperazine rings is 1. The molecule has 3 aromatic rings. The summed E-state index contributed by atoms with van der Waals surface area (Å²) in [5, 5.41) is 3.28. The summed E-state index contributed by atoms with van der Waals surface area (Å²) >= 11 is 1.36. The first-order chi connectivity index (χ1) is 20.7. The molecule has 1 fully saturated rings. The van der Waals surface area contributed by atoms with Gasteiger partial charge in [0.1, 0.15) is 5.00 Å². The predicted molar refractivity (Wildman–Crippen MR) is 169 cm³/mol. The van der Waals surface area contributed by atoms with Crippen LogP contribution < -0.4 is 5.32 Å². The largest absolute Gasteiger partial charge is 0.465 e. The average molecular weight is 663 g/mol. The molecule has 236 valence electrons. The SMILES string of the molecule is CCOC(=O)N1CCN(S(=O)(=O)c2ccc(C(=O)Nc3sc4c(c3C(=O)OC)CCN(Cc3ccccc3)C4)cc2)CC1.Cl. The number of nitrogens with zero attached hydrogens (tertiary/aromatic N) is 3. The highest BCUT2D eigenvalue weighted by atomic mass is 35.5. The molecule has 2 aromatic carbocycles. The second-order valence-electron chi connectivity index (χ2n) is 10.2. The van der Waals surface area contributed by atoms with Crippen LogP contribution >= 0.6 is 23.7 Å². The molecule has 0 bridgehead atoms. The highest BCUT2D eigenvalue weighted by Gasteiger charge is 2.32. The van der Waals surface area contributed by atoms with Crippen LogP contribution in [0.2, 0.25) is 0 Å². The maximum Gasteiger partial charge on any atom is 0.409 e. The van der Waals surface area contributed by atoms with Crippen molar-refractivity contribution in [1.82, 2.24) is 14.1 Å². The molecule has 0 radical (unpaired) electrons. The van der Waals surface area contributed by atoms with E-state index in [2.05, 4.69) is 22.3 Å². The fraction of sp³-hybridized carbons (Fsp3) is 0.367. The van der Waals surface area contributed by atoms with Crippen LogP contribution in [-0.4, -0.2) is 86.9 Å². The van der Waals surface area contributed by atoms with E-state index in [1.165, 1.54) is 57.5 Å². The van der Waals surface area contributed by atoms with Crippen molar-refractivity contribution in [3.63, 3.8) is 0 Å². The van der Waals surface area contributed by atoms with Gasteiger partial charge in [-0.2, -0.15) is 4.31 Å². The third kappa shape index (κ3) is 7.24. The van der Waals surface area contributed by atoms with Gasteiger partial charge in [-0.15, -0.1) is 23.7 Å². The third-order valence-electron chi connectivity index (χ3n) is 7.52. The second-order valence-corrected chi connectivity index (χ2v) is 13.3. The Hall–Kier alpha value is -3.49. The minimum absolute atomic E-state index is 0. The summed E-state index contributed by atoms with van der Waals surface area (Å²) in [5.41, 5.74) is 2.71. The zero-order valence-electron chi connectivity index (χ0n) is 24.5. The molecule has 0 atom stereocenters. The molecular formula is C30H35ClN4O7S2. The molecule has 1 N–H and O–H groups in total. The first-order valence-electron chi connectivity index (χ1n) is 14.0. The first-order valence-corrected chi connectivity index (χ1v) is 16.3. The van der Waals surface area contributed by atoms with Crippen LogP contribution in [0.15, 0.2) is 59.5 Å². The van der Waals surface area contributed by atoms with Crippen molar-refractivity contribution in [1.29, 1.82) is 0 Å². The summed E-state index contributed by atoms with van der Waals surface area (Å²) in [6.07, 6.45) is 0.195. The van der Waals surface area contributed by atoms with Gasteiger partial charge in [0.2, 0.25) is 10.0 Å². The fourth-order valence-corrected chi connectivity index (χ4v) is 7.96. The van der Waals surface area contributed by atoms with E-state index in [0.717, 1.165) is 23.5 Å². The number of carbonyl (C=O) groups excluding carboxylic acids is 3. The van der Waals surface area contributed by atoms with Crippen LogP contribution in [0.3, 0.4) is 0 Å². The Bertz CT molecular complexity index is 1590. The van der Waals surface area contributed by atoms with E-state index in [4.69, 9.17) is 9.47 Å². The maximum absolute atomic E-state index is 13.2. The lowest BCUT2D eigenvalue weighted by Gasteiger charge is -2.33. The van der Waals surface area contributed by atoms with Gasteiger partial charge in [-0.05, 0) is 48.7 Å². The molecule has 14 heteroatoms. The number of ether oxygens (including phenoxy) is 2. The normalized spacial score (nSPS) is 15.5. The number of hydrogen-bond acceptors (Lipinski definition) is 9. The highest BCUT2D eigenvalue weighted by Crippen LogP contribution is 2.38. The number of amides is 2. The topological polar surface area (TPSA) is 126 Å². The van der Waals surface area contributed by atoms with Crippen LogP contribution in [0, 0.1) is 0 Å². The highest BCUT2D eigenvalue weighted by molar-refractivity contribution is 7.89. The molecule has 2 aliphatic rings. The Morgan fingerprint density at radius 1 is 0.955 bits per heavy atom. The Morgan fingerprint density at radius 3 is 2.27 bits per heavy atom. The molecule has 1 aromatic heterocycles. The van der Waals surface area contributed by atoms with Crippen molar-refractivity contribution < 1.29 is 32.3 Å². The zero-order valence-corrected chi connectivity index (χ0v) is 26.9. The van der Waals surface area contributed by atoms with Gasteiger partial charge in [0, 0.05) is 56.3 Å². The number of nitrogens with one attached hydrogen (secondary N) is 1. The average Bonchev–Trinajstić information content (AvgIpc) is 3.38. The smallest absolute Gasteiger partial charge is 0.409 e. The van der Waals surface area contributed by atoms with E-state index in [1.807, 2.05) is 18.2 Å². The van der Waals surface area contributed by atoms with E-state index in [0.29, 0.717) is 23.5 Å². The summed E-state index contributed by atoms with van der Waals surface area (Å²) < 4.78 is 37.8. The number of methoxy groups -OCH3 is 1. The van der Waals surface area contributed by atoms with Gasteiger partial charge in [-0.1, -0.05) is 30.3 Å². The molecule has 3 heterocycles. The van der Waals surface area contributed by atoms with Crippen molar-refractivity contribution in [2.45, 2.75) is 31.3 Å². The summed E-state index contributed by atoms with van der Waals surface area (Å²) in [4.78, 5) is 42.8. The van der Waals surface area contributed by atoms with E-state index >= 15 is 0 Å². The van der Waals surface area contributed by atoms with Crippen LogP contribution in [0.25, 0.3) is 0 Å². The van der Waals surface area contributed by atoms with Gasteiger partial charge in [-0.25, -0.2) is 18.0 Å². The van der Waals surface area contributed by atoms with Gasteiger partial charge in [0.05, 0.1) is 24.2 Å². The number of anilines is 1. The summed E-state index contributed by atoms with van der Waals surface area (Å²) in [5.74, 6) is -0.967. The number of rotatable bonds is 8. The van der Waals surface area contributed by atoms with Crippen molar-refractivity contribution in [2.24, 2.45) is 0 Å². The molecule has 2 aliphatic heterocycles. The van der Waals surface area contributed by atoms with Gasteiger partial charge < -0.3 is 19.7 Å². The Labute approximate surface area is 267 Å². The summed E-state index contributed by atoms with van der Waals surface area (Å²) in [6, 6.07) is 15.8. The Morgan fingerprint density at radius 2 is 1.64 bits per heavy atom. The molecule has 2 amide bonds. The second kappa shape index (κ2) is 14.5. The van der Waals surface area contributed by atoms with E-state index in [-0.39, 0.29) is 55.7 Å². The lowest BCUT2D eigenvalue weighted by Crippen LogP contribution is -2.50. The van der Waals surface area contributed by atoms with E-state index in [9.17, 15) is 22.8 Å². The van der Waals surface area contributed by atoms with Gasteiger partial charge in [-0.3, -0.25) is 9.69 Å². The molecule has 0 aliphatic carbocycles. The number of carbonyl (C=O) groups is 3. The number of halogens is 1. The lowest BCUT2D eigenvalue weighted by molar-refractivity contribution is 0.0600. The van der Waals surface area contributed by atoms with E-state index < -0.39 is 28.0 Å². The van der Waals surface area contributed by atoms with E-state index in [1.54, 1.807) is 6.92 Å². The van der Waals surface area contributed by atoms with Crippen molar-refractivity contribution in [3.05, 3.63) is 81.7 Å². The monoisotopic (exact) mass is 662 g/mol. The van der Waals surface area contributed by atoms with Gasteiger partial charge >= 0.3 is 12.1 Å². The summed E-state index contributed by atoms with van der Waals surface area (Å²) in [7, 11) is -2.50. The molecular weight excluding hydrogens is 628 g/mol. The van der Waals surface area contributed by atoms with Crippen molar-refractivity contribution in [2.75, 3.05) is 51.8 Å². The molecule has 11 nitrogen and oxygen atoms in total.